The molecule has 2 atom stereocenters. The largest absolute Gasteiger partial charge is 0.507 e. The van der Waals surface area contributed by atoms with Crippen LogP contribution in [0.25, 0.3) is 0 Å². The molecule has 6 heteroatoms. The standard InChI is InChI=1S/C11H14BrNO3S/c1-7(17(2)16)6-13-11(15)8-3-4-9(12)10(14)5-8/h3-5,7,14H,6H2,1-2H3,(H,13,15). The van der Waals surface area contributed by atoms with Crippen LogP contribution in [0.1, 0.15) is 17.3 Å². The first kappa shape index (κ1) is 14.2. The van der Waals surface area contributed by atoms with E-state index in [2.05, 4.69) is 21.2 Å². The molecule has 0 heterocycles. The predicted molar refractivity (Wildman–Crippen MR) is 71.7 cm³/mol. The first-order chi connectivity index (χ1) is 7.91. The maximum atomic E-state index is 11.7. The summed E-state index contributed by atoms with van der Waals surface area (Å²) < 4.78 is 11.6. The van der Waals surface area contributed by atoms with Crippen molar-refractivity contribution < 1.29 is 14.1 Å². The van der Waals surface area contributed by atoms with Crippen molar-refractivity contribution in [2.75, 3.05) is 12.8 Å². The smallest absolute Gasteiger partial charge is 0.251 e. The van der Waals surface area contributed by atoms with Crippen molar-refractivity contribution in [2.24, 2.45) is 0 Å². The number of hydrogen-bond acceptors (Lipinski definition) is 3. The zero-order valence-corrected chi connectivity index (χ0v) is 12.0. The average molecular weight is 320 g/mol. The van der Waals surface area contributed by atoms with Crippen molar-refractivity contribution in [1.82, 2.24) is 5.32 Å². The molecule has 0 saturated carbocycles. The molecule has 0 bridgehead atoms. The number of hydrogen-bond donors (Lipinski definition) is 2. The molecule has 0 radical (unpaired) electrons. The summed E-state index contributed by atoms with van der Waals surface area (Å²) in [5, 5.41) is 12.0. The van der Waals surface area contributed by atoms with E-state index in [1.165, 1.54) is 6.07 Å². The van der Waals surface area contributed by atoms with Gasteiger partial charge in [0.15, 0.2) is 0 Å². The number of phenolic OH excluding ortho intramolecular Hbond substituents is 1. The van der Waals surface area contributed by atoms with Crippen molar-refractivity contribution in [3.63, 3.8) is 0 Å². The van der Waals surface area contributed by atoms with Crippen molar-refractivity contribution in [2.45, 2.75) is 12.2 Å². The molecular formula is C11H14BrNO3S. The fourth-order valence-electron chi connectivity index (χ4n) is 1.11. The molecule has 17 heavy (non-hydrogen) atoms. The first-order valence-electron chi connectivity index (χ1n) is 5.00. The second kappa shape index (κ2) is 6.16. The summed E-state index contributed by atoms with van der Waals surface area (Å²) in [5.41, 5.74) is 0.375. The van der Waals surface area contributed by atoms with Gasteiger partial charge < -0.3 is 10.4 Å². The van der Waals surface area contributed by atoms with Crippen LogP contribution in [-0.4, -0.2) is 33.3 Å². The third-order valence-corrected chi connectivity index (χ3v) is 4.30. The molecule has 0 aliphatic rings. The number of carbonyl (C=O) groups excluding carboxylic acids is 1. The van der Waals surface area contributed by atoms with E-state index in [1.54, 1.807) is 25.3 Å². The van der Waals surface area contributed by atoms with E-state index in [9.17, 15) is 14.1 Å². The minimum absolute atomic E-state index is 0.0183. The number of rotatable bonds is 4. The molecule has 1 amide bonds. The van der Waals surface area contributed by atoms with Crippen LogP contribution in [0.3, 0.4) is 0 Å². The van der Waals surface area contributed by atoms with E-state index in [0.29, 0.717) is 16.6 Å². The van der Waals surface area contributed by atoms with Gasteiger partial charge >= 0.3 is 0 Å². The van der Waals surface area contributed by atoms with Gasteiger partial charge in [0, 0.05) is 34.4 Å². The molecule has 0 spiro atoms. The summed E-state index contributed by atoms with van der Waals surface area (Å²) in [6.07, 6.45) is 1.60. The van der Waals surface area contributed by atoms with E-state index >= 15 is 0 Å². The summed E-state index contributed by atoms with van der Waals surface area (Å²) in [5.74, 6) is -0.269. The molecule has 4 nitrogen and oxygen atoms in total. The molecule has 0 fully saturated rings. The van der Waals surface area contributed by atoms with Gasteiger partial charge in [0.05, 0.1) is 4.47 Å². The van der Waals surface area contributed by atoms with Gasteiger partial charge in [-0.15, -0.1) is 0 Å². The molecule has 94 valence electrons. The van der Waals surface area contributed by atoms with Gasteiger partial charge in [0.25, 0.3) is 5.91 Å². The van der Waals surface area contributed by atoms with Crippen LogP contribution >= 0.6 is 15.9 Å². The molecule has 2 N–H and O–H groups in total. The normalized spacial score (nSPS) is 14.1. The van der Waals surface area contributed by atoms with Crippen LogP contribution in [0.4, 0.5) is 0 Å². The minimum Gasteiger partial charge on any atom is -0.507 e. The SMILES string of the molecule is CC(CNC(=O)c1ccc(Br)c(O)c1)S(C)=O. The fourth-order valence-corrected chi connectivity index (χ4v) is 1.67. The van der Waals surface area contributed by atoms with Crippen LogP contribution < -0.4 is 5.32 Å². The van der Waals surface area contributed by atoms with E-state index in [-0.39, 0.29) is 16.9 Å². The Labute approximate surface area is 111 Å². The Bertz CT molecular complexity index is 450. The Kier molecular flexibility index (Phi) is 5.14. The van der Waals surface area contributed by atoms with Crippen molar-refractivity contribution in [3.05, 3.63) is 28.2 Å². The second-order valence-corrected chi connectivity index (χ2v) is 6.34. The lowest BCUT2D eigenvalue weighted by molar-refractivity contribution is 0.0953. The molecule has 0 aliphatic carbocycles. The highest BCUT2D eigenvalue weighted by atomic mass is 79.9. The Hall–Kier alpha value is -0.880. The highest BCUT2D eigenvalue weighted by molar-refractivity contribution is 9.10. The summed E-state index contributed by atoms with van der Waals surface area (Å²) in [6, 6.07) is 4.59. The van der Waals surface area contributed by atoms with Crippen LogP contribution in [0.2, 0.25) is 0 Å². The third-order valence-electron chi connectivity index (χ3n) is 2.33. The highest BCUT2D eigenvalue weighted by Gasteiger charge is 2.11. The average Bonchev–Trinajstić information content (AvgIpc) is 2.28. The van der Waals surface area contributed by atoms with Crippen molar-refractivity contribution in [1.29, 1.82) is 0 Å². The van der Waals surface area contributed by atoms with Crippen LogP contribution in [-0.2, 0) is 10.8 Å². The highest BCUT2D eigenvalue weighted by Crippen LogP contribution is 2.24. The quantitative estimate of drug-likeness (QED) is 0.886. The van der Waals surface area contributed by atoms with E-state index < -0.39 is 10.8 Å². The van der Waals surface area contributed by atoms with Crippen molar-refractivity contribution >= 4 is 32.6 Å². The molecular weight excluding hydrogens is 306 g/mol. The molecule has 1 rings (SSSR count). The van der Waals surface area contributed by atoms with Crippen LogP contribution in [0.15, 0.2) is 22.7 Å². The lowest BCUT2D eigenvalue weighted by Gasteiger charge is -2.10. The zero-order valence-electron chi connectivity index (χ0n) is 9.57. The Morgan fingerprint density at radius 3 is 2.76 bits per heavy atom. The van der Waals surface area contributed by atoms with Crippen molar-refractivity contribution in [3.8, 4) is 5.75 Å². The number of phenols is 1. The maximum Gasteiger partial charge on any atom is 0.251 e. The first-order valence-corrected chi connectivity index (χ1v) is 7.42. The number of benzene rings is 1. The van der Waals surface area contributed by atoms with Gasteiger partial charge in [-0.25, -0.2) is 0 Å². The molecule has 0 aromatic heterocycles. The van der Waals surface area contributed by atoms with Crippen LogP contribution in [0, 0.1) is 0 Å². The van der Waals surface area contributed by atoms with E-state index in [4.69, 9.17) is 0 Å². The monoisotopic (exact) mass is 319 g/mol. The topological polar surface area (TPSA) is 66.4 Å². The lowest BCUT2D eigenvalue weighted by Crippen LogP contribution is -2.32. The summed E-state index contributed by atoms with van der Waals surface area (Å²) >= 11 is 3.14. The predicted octanol–water partition coefficient (Wildman–Crippen LogP) is 1.65. The number of nitrogens with one attached hydrogen (secondary N) is 1. The molecule has 2 unspecified atom stereocenters. The molecule has 0 aliphatic heterocycles. The Balaban J connectivity index is 2.64. The Morgan fingerprint density at radius 2 is 2.24 bits per heavy atom. The fraction of sp³-hybridized carbons (Fsp3) is 0.364. The molecule has 1 aromatic carbocycles. The maximum absolute atomic E-state index is 11.7. The van der Waals surface area contributed by atoms with Gasteiger partial charge in [-0.3, -0.25) is 9.00 Å². The number of halogens is 1. The second-order valence-electron chi connectivity index (χ2n) is 3.69. The van der Waals surface area contributed by atoms with Crippen LogP contribution in [0.5, 0.6) is 5.75 Å². The molecule has 1 aromatic rings. The lowest BCUT2D eigenvalue weighted by atomic mass is 10.2. The summed E-state index contributed by atoms with van der Waals surface area (Å²) in [6.45, 7) is 2.15. The van der Waals surface area contributed by atoms with E-state index in [0.717, 1.165) is 0 Å². The minimum atomic E-state index is -0.963. The number of aromatic hydroxyl groups is 1. The Morgan fingerprint density at radius 1 is 1.59 bits per heavy atom. The molecule has 0 saturated heterocycles. The van der Waals surface area contributed by atoms with Gasteiger partial charge in [-0.05, 0) is 41.1 Å². The van der Waals surface area contributed by atoms with Gasteiger partial charge in [0.2, 0.25) is 0 Å². The number of amides is 1. The third kappa shape index (κ3) is 4.12. The van der Waals surface area contributed by atoms with Gasteiger partial charge in [-0.1, -0.05) is 0 Å². The van der Waals surface area contributed by atoms with Gasteiger partial charge in [0.1, 0.15) is 5.75 Å². The zero-order chi connectivity index (χ0) is 13.0. The number of carbonyl (C=O) groups is 1. The summed E-state index contributed by atoms with van der Waals surface area (Å²) in [7, 11) is -0.963. The van der Waals surface area contributed by atoms with E-state index in [1.807, 2.05) is 0 Å². The summed E-state index contributed by atoms with van der Waals surface area (Å²) in [4.78, 5) is 11.7. The van der Waals surface area contributed by atoms with Gasteiger partial charge in [-0.2, -0.15) is 0 Å².